The van der Waals surface area contributed by atoms with Crippen LogP contribution in [0, 0.1) is 0 Å². The molecule has 0 bridgehead atoms. The normalized spacial score (nSPS) is 12.3. The zero-order chi connectivity index (χ0) is 16.3. The predicted molar refractivity (Wildman–Crippen MR) is 62.3 cm³/mol. The summed E-state index contributed by atoms with van der Waals surface area (Å²) in [6, 6.07) is -0.742. The van der Waals surface area contributed by atoms with Crippen LogP contribution in [-0.2, 0) is 25.6 Å². The summed E-state index contributed by atoms with van der Waals surface area (Å²) >= 11 is 0. The number of carbonyl (C=O) groups is 1. The Labute approximate surface area is 109 Å². The van der Waals surface area contributed by atoms with Crippen molar-refractivity contribution in [2.75, 3.05) is 6.54 Å². The number of hydrogen-bond donors (Lipinski definition) is 7. The standard InChI is InChI=1S/C5H12N2O2.2H2O4S/c6-3-1-2-4(7)5(8)9;2*1-5(2,3)4/h4H,1-3,6-7H2,(H,8,9);2*(H2,1,2,3,4). The van der Waals surface area contributed by atoms with Crippen LogP contribution in [0.5, 0.6) is 0 Å². The molecule has 9 N–H and O–H groups in total. The van der Waals surface area contributed by atoms with Crippen molar-refractivity contribution in [2.45, 2.75) is 18.9 Å². The van der Waals surface area contributed by atoms with Crippen molar-refractivity contribution >= 4 is 26.8 Å². The zero-order valence-electron chi connectivity index (χ0n) is 9.45. The quantitative estimate of drug-likeness (QED) is 0.273. The summed E-state index contributed by atoms with van der Waals surface area (Å²) in [5.41, 5.74) is 10.3. The van der Waals surface area contributed by atoms with Gasteiger partial charge in [0.2, 0.25) is 0 Å². The Balaban J connectivity index is -0.000000219. The second-order valence-electron chi connectivity index (χ2n) is 2.77. The molecule has 1 atom stereocenters. The smallest absolute Gasteiger partial charge is 0.394 e. The minimum Gasteiger partial charge on any atom is -0.480 e. The maximum Gasteiger partial charge on any atom is 0.394 e. The fraction of sp³-hybridized carbons (Fsp3) is 0.800. The lowest BCUT2D eigenvalue weighted by atomic mass is 10.2. The first-order valence-electron chi connectivity index (χ1n) is 4.26. The maximum absolute atomic E-state index is 10.0. The van der Waals surface area contributed by atoms with Crippen molar-refractivity contribution in [3.8, 4) is 0 Å². The van der Waals surface area contributed by atoms with E-state index in [9.17, 15) is 4.79 Å². The Kier molecular flexibility index (Phi) is 13.5. The average Bonchev–Trinajstić information content (AvgIpc) is 2.08. The minimum atomic E-state index is -4.67. The lowest BCUT2D eigenvalue weighted by molar-refractivity contribution is -0.138. The lowest BCUT2D eigenvalue weighted by Crippen LogP contribution is -2.30. The van der Waals surface area contributed by atoms with Crippen molar-refractivity contribution in [2.24, 2.45) is 11.5 Å². The first kappa shape index (κ1) is 23.2. The third-order valence-electron chi connectivity index (χ3n) is 1.04. The van der Waals surface area contributed by atoms with Crippen molar-refractivity contribution in [1.29, 1.82) is 0 Å². The van der Waals surface area contributed by atoms with E-state index in [2.05, 4.69) is 0 Å². The van der Waals surface area contributed by atoms with E-state index >= 15 is 0 Å². The Morgan fingerprint density at radius 1 is 1.00 bits per heavy atom. The summed E-state index contributed by atoms with van der Waals surface area (Å²) in [4.78, 5) is 10.0. The van der Waals surface area contributed by atoms with Crippen molar-refractivity contribution in [1.82, 2.24) is 0 Å². The molecule has 14 heteroatoms. The topological polar surface area (TPSA) is 239 Å². The van der Waals surface area contributed by atoms with Gasteiger partial charge in [-0.2, -0.15) is 16.8 Å². The molecule has 1 unspecified atom stereocenters. The SMILES string of the molecule is NCCCC(N)C(=O)O.O=S(=O)(O)O.O=S(=O)(O)O. The van der Waals surface area contributed by atoms with E-state index < -0.39 is 32.8 Å². The van der Waals surface area contributed by atoms with E-state index in [1.165, 1.54) is 0 Å². The van der Waals surface area contributed by atoms with Crippen molar-refractivity contribution in [3.63, 3.8) is 0 Å². The van der Waals surface area contributed by atoms with Gasteiger partial charge < -0.3 is 16.6 Å². The number of rotatable bonds is 4. The van der Waals surface area contributed by atoms with Gasteiger partial charge in [-0.1, -0.05) is 0 Å². The molecule has 0 aromatic rings. The largest absolute Gasteiger partial charge is 0.480 e. The molecule has 0 aromatic heterocycles. The molecule has 0 amide bonds. The molecule has 0 saturated carbocycles. The van der Waals surface area contributed by atoms with Gasteiger partial charge in [-0.15, -0.1) is 0 Å². The summed E-state index contributed by atoms with van der Waals surface area (Å²) in [5, 5.41) is 8.24. The minimum absolute atomic E-state index is 0.464. The van der Waals surface area contributed by atoms with E-state index in [1.54, 1.807) is 0 Å². The molecule has 0 aliphatic heterocycles. The number of aliphatic carboxylic acids is 1. The van der Waals surface area contributed by atoms with Gasteiger partial charge in [-0.25, -0.2) is 0 Å². The molecule has 0 spiro atoms. The molecule has 12 nitrogen and oxygen atoms in total. The molecule has 19 heavy (non-hydrogen) atoms. The van der Waals surface area contributed by atoms with Gasteiger partial charge >= 0.3 is 26.8 Å². The van der Waals surface area contributed by atoms with Gasteiger partial charge in [-0.05, 0) is 19.4 Å². The summed E-state index contributed by atoms with van der Waals surface area (Å²) in [5.74, 6) is -0.955. The summed E-state index contributed by atoms with van der Waals surface area (Å²) < 4.78 is 63.2. The highest BCUT2D eigenvalue weighted by molar-refractivity contribution is 7.80. The van der Waals surface area contributed by atoms with Crippen LogP contribution in [0.3, 0.4) is 0 Å². The number of carboxylic acids is 1. The van der Waals surface area contributed by atoms with Gasteiger partial charge in [0.25, 0.3) is 0 Å². The highest BCUT2D eigenvalue weighted by atomic mass is 32.3. The molecule has 0 saturated heterocycles. The summed E-state index contributed by atoms with van der Waals surface area (Å²) in [6.45, 7) is 0.501. The predicted octanol–water partition coefficient (Wildman–Crippen LogP) is -2.17. The molecule has 0 aliphatic carbocycles. The van der Waals surface area contributed by atoms with Crippen molar-refractivity contribution in [3.05, 3.63) is 0 Å². The maximum atomic E-state index is 10.0. The Morgan fingerprint density at radius 3 is 1.42 bits per heavy atom. The molecule has 0 rings (SSSR count). The van der Waals surface area contributed by atoms with E-state index in [4.69, 9.17) is 51.6 Å². The van der Waals surface area contributed by atoms with Crippen LogP contribution in [0.15, 0.2) is 0 Å². The number of hydrogen-bond acceptors (Lipinski definition) is 7. The summed E-state index contributed by atoms with van der Waals surface area (Å²) in [7, 11) is -9.33. The molecule has 0 aliphatic rings. The molecule has 0 radical (unpaired) electrons. The van der Waals surface area contributed by atoms with Crippen LogP contribution in [0.4, 0.5) is 0 Å². The molecule has 0 heterocycles. The van der Waals surface area contributed by atoms with E-state index in [0.717, 1.165) is 0 Å². The van der Waals surface area contributed by atoms with Crippen LogP contribution in [-0.4, -0.2) is 58.7 Å². The van der Waals surface area contributed by atoms with Crippen molar-refractivity contribution < 1.29 is 44.9 Å². The fourth-order valence-corrected chi connectivity index (χ4v) is 0.461. The van der Waals surface area contributed by atoms with Gasteiger partial charge in [0.1, 0.15) is 6.04 Å². The molecule has 0 fully saturated rings. The monoisotopic (exact) mass is 328 g/mol. The van der Waals surface area contributed by atoms with E-state index in [-0.39, 0.29) is 0 Å². The Hall–Kier alpha value is -0.870. The Morgan fingerprint density at radius 2 is 1.26 bits per heavy atom. The Bertz CT molecular complexity index is 383. The van der Waals surface area contributed by atoms with Crippen LogP contribution in [0.25, 0.3) is 0 Å². The lowest BCUT2D eigenvalue weighted by Gasteiger charge is -2.02. The van der Waals surface area contributed by atoms with Crippen LogP contribution in [0.1, 0.15) is 12.8 Å². The van der Waals surface area contributed by atoms with Crippen LogP contribution in [0.2, 0.25) is 0 Å². The van der Waals surface area contributed by atoms with Gasteiger partial charge in [0, 0.05) is 0 Å². The highest BCUT2D eigenvalue weighted by Crippen LogP contribution is 1.91. The molecular weight excluding hydrogens is 312 g/mol. The average molecular weight is 328 g/mol. The number of carboxylic acid groups (broad SMARTS) is 1. The third kappa shape index (κ3) is 77.1. The zero-order valence-corrected chi connectivity index (χ0v) is 11.1. The van der Waals surface area contributed by atoms with Crippen LogP contribution < -0.4 is 11.5 Å². The molecule has 118 valence electrons. The second kappa shape index (κ2) is 11.0. The fourth-order valence-electron chi connectivity index (χ4n) is 0.461. The van der Waals surface area contributed by atoms with E-state index in [1.807, 2.05) is 0 Å². The van der Waals surface area contributed by atoms with Gasteiger partial charge in [0.15, 0.2) is 0 Å². The number of nitrogens with two attached hydrogens (primary N) is 2. The van der Waals surface area contributed by atoms with Gasteiger partial charge in [-0.3, -0.25) is 23.0 Å². The molecular formula is C5H16N2O10S2. The van der Waals surface area contributed by atoms with Gasteiger partial charge in [0.05, 0.1) is 0 Å². The first-order chi connectivity index (χ1) is 8.18. The highest BCUT2D eigenvalue weighted by Gasteiger charge is 2.08. The first-order valence-corrected chi connectivity index (χ1v) is 7.06. The van der Waals surface area contributed by atoms with E-state index in [0.29, 0.717) is 19.4 Å². The summed E-state index contributed by atoms with van der Waals surface area (Å²) in [6.07, 6.45) is 1.14. The van der Waals surface area contributed by atoms with Crippen LogP contribution >= 0.6 is 0 Å². The third-order valence-corrected chi connectivity index (χ3v) is 1.04. The molecule has 0 aromatic carbocycles. The second-order valence-corrected chi connectivity index (χ2v) is 4.56.